The van der Waals surface area contributed by atoms with E-state index in [4.69, 9.17) is 0 Å². The van der Waals surface area contributed by atoms with Crippen LogP contribution in [-0.4, -0.2) is 10.1 Å². The molecule has 2 aromatic rings. The molecule has 4 aliphatic carbocycles. The molecule has 4 saturated carbocycles. The molecule has 4 bridgehead atoms. The molecule has 0 saturated heterocycles. The van der Waals surface area contributed by atoms with Crippen LogP contribution in [0, 0.1) is 23.7 Å². The van der Waals surface area contributed by atoms with Crippen LogP contribution in [0.2, 0.25) is 0 Å². The van der Waals surface area contributed by atoms with Gasteiger partial charge >= 0.3 is 0 Å². The highest BCUT2D eigenvalue weighted by Gasteiger charge is 2.58. The highest BCUT2D eigenvalue weighted by atomic mass is 16.3. The Morgan fingerprint density at radius 3 is 2.29 bits per heavy atom. The van der Waals surface area contributed by atoms with Crippen molar-refractivity contribution in [2.75, 3.05) is 0 Å². The molecule has 0 aliphatic heterocycles. The predicted octanol–water partition coefficient (Wildman–Crippen LogP) is 3.88. The van der Waals surface area contributed by atoms with Gasteiger partial charge in [0.15, 0.2) is 0 Å². The topological polar surface area (TPSA) is 33.1 Å². The van der Waals surface area contributed by atoms with Crippen molar-refractivity contribution >= 4 is 10.8 Å². The first kappa shape index (κ1) is 12.2. The molecule has 4 fully saturated rings. The molecule has 1 heterocycles. The second-order valence-corrected chi connectivity index (χ2v) is 7.51. The Morgan fingerprint density at radius 2 is 1.57 bits per heavy atom. The van der Waals surface area contributed by atoms with E-state index in [1.807, 2.05) is 6.20 Å². The zero-order valence-corrected chi connectivity index (χ0v) is 12.2. The Kier molecular flexibility index (Phi) is 2.36. The molecule has 0 spiro atoms. The molecule has 2 heteroatoms. The molecule has 1 aromatic heterocycles. The van der Waals surface area contributed by atoms with Crippen molar-refractivity contribution < 1.29 is 5.11 Å². The van der Waals surface area contributed by atoms with Gasteiger partial charge in [-0.1, -0.05) is 24.3 Å². The van der Waals surface area contributed by atoms with Gasteiger partial charge < -0.3 is 5.11 Å². The molecule has 2 nitrogen and oxygen atoms in total. The van der Waals surface area contributed by atoms with E-state index in [0.29, 0.717) is 11.8 Å². The van der Waals surface area contributed by atoms with E-state index in [2.05, 4.69) is 35.3 Å². The zero-order chi connectivity index (χ0) is 14.0. The van der Waals surface area contributed by atoms with Crippen LogP contribution >= 0.6 is 0 Å². The van der Waals surface area contributed by atoms with Gasteiger partial charge in [-0.05, 0) is 67.2 Å². The van der Waals surface area contributed by atoms with Crippen LogP contribution in [0.3, 0.4) is 0 Å². The number of hydrogen-bond acceptors (Lipinski definition) is 2. The van der Waals surface area contributed by atoms with E-state index in [9.17, 15) is 5.11 Å². The van der Waals surface area contributed by atoms with Crippen LogP contribution < -0.4 is 0 Å². The van der Waals surface area contributed by atoms with Crippen molar-refractivity contribution in [1.29, 1.82) is 0 Å². The first-order valence-corrected chi connectivity index (χ1v) is 8.31. The monoisotopic (exact) mass is 279 g/mol. The minimum absolute atomic E-state index is 0.423. The van der Waals surface area contributed by atoms with E-state index < -0.39 is 5.60 Å². The Balaban J connectivity index is 1.71. The Bertz CT molecular complexity index is 674. The van der Waals surface area contributed by atoms with Crippen LogP contribution in [0.25, 0.3) is 10.8 Å². The molecule has 108 valence electrons. The molecule has 0 unspecified atom stereocenters. The molecule has 4 aliphatic rings. The number of hydrogen-bond donors (Lipinski definition) is 1. The average Bonchev–Trinajstić information content (AvgIpc) is 2.51. The number of nitrogens with zero attached hydrogens (tertiary/aromatic N) is 1. The van der Waals surface area contributed by atoms with Crippen molar-refractivity contribution in [2.45, 2.75) is 37.7 Å². The Hall–Kier alpha value is -1.41. The first-order chi connectivity index (χ1) is 10.2. The molecular formula is C19H21NO. The molecule has 21 heavy (non-hydrogen) atoms. The van der Waals surface area contributed by atoms with Crippen LogP contribution in [0.5, 0.6) is 0 Å². The van der Waals surface area contributed by atoms with Gasteiger partial charge in [-0.2, -0.15) is 0 Å². The maximum absolute atomic E-state index is 11.7. The van der Waals surface area contributed by atoms with E-state index in [1.165, 1.54) is 37.5 Å². The number of rotatable bonds is 1. The summed E-state index contributed by atoms with van der Waals surface area (Å²) in [6, 6.07) is 10.4. The number of pyridine rings is 1. The number of aromatic nitrogens is 1. The Morgan fingerprint density at radius 1 is 0.905 bits per heavy atom. The Labute approximate surface area is 125 Å². The van der Waals surface area contributed by atoms with Crippen molar-refractivity contribution in [2.24, 2.45) is 23.7 Å². The summed E-state index contributed by atoms with van der Waals surface area (Å²) in [6.07, 6.45) is 8.10. The van der Waals surface area contributed by atoms with Gasteiger partial charge in [-0.15, -0.1) is 0 Å². The van der Waals surface area contributed by atoms with Crippen LogP contribution in [0.15, 0.2) is 36.5 Å². The minimum Gasteiger partial charge on any atom is -0.383 e. The molecule has 0 atom stereocenters. The third kappa shape index (κ3) is 1.54. The van der Waals surface area contributed by atoms with Gasteiger partial charge in [0.1, 0.15) is 5.60 Å². The third-order valence-electron chi connectivity index (χ3n) is 6.44. The number of fused-ring (bicyclic) bond motifs is 1. The first-order valence-electron chi connectivity index (χ1n) is 8.31. The van der Waals surface area contributed by atoms with E-state index in [-0.39, 0.29) is 0 Å². The summed E-state index contributed by atoms with van der Waals surface area (Å²) in [4.78, 5) is 4.67. The average molecular weight is 279 g/mol. The summed E-state index contributed by atoms with van der Waals surface area (Å²) in [5.74, 6) is 2.57. The molecule has 0 amide bonds. The van der Waals surface area contributed by atoms with Crippen molar-refractivity contribution in [3.05, 3.63) is 42.2 Å². The van der Waals surface area contributed by atoms with E-state index in [1.54, 1.807) is 0 Å². The van der Waals surface area contributed by atoms with Gasteiger partial charge in [0, 0.05) is 11.6 Å². The molecule has 0 radical (unpaired) electrons. The lowest BCUT2D eigenvalue weighted by molar-refractivity contribution is -0.180. The maximum atomic E-state index is 11.7. The number of aliphatic hydroxyl groups is 1. The third-order valence-corrected chi connectivity index (χ3v) is 6.44. The summed E-state index contributed by atoms with van der Waals surface area (Å²) in [7, 11) is 0. The van der Waals surface area contributed by atoms with Gasteiger partial charge in [-0.25, -0.2) is 0 Å². The molecule has 1 N–H and O–H groups in total. The fourth-order valence-electron chi connectivity index (χ4n) is 5.73. The smallest absolute Gasteiger partial charge is 0.113 e. The maximum Gasteiger partial charge on any atom is 0.113 e. The normalized spacial score (nSPS) is 40.8. The molecule has 6 rings (SSSR count). The van der Waals surface area contributed by atoms with Crippen molar-refractivity contribution in [3.63, 3.8) is 0 Å². The zero-order valence-electron chi connectivity index (χ0n) is 12.2. The number of benzene rings is 1. The lowest BCUT2D eigenvalue weighted by Crippen LogP contribution is -2.55. The summed E-state index contributed by atoms with van der Waals surface area (Å²) in [5.41, 5.74) is 0.267. The second kappa shape index (κ2) is 4.07. The van der Waals surface area contributed by atoms with E-state index in [0.717, 1.165) is 22.9 Å². The summed E-state index contributed by atoms with van der Waals surface area (Å²) in [5, 5.41) is 14.0. The van der Waals surface area contributed by atoms with Gasteiger partial charge in [-0.3, -0.25) is 4.98 Å². The largest absolute Gasteiger partial charge is 0.383 e. The van der Waals surface area contributed by atoms with Crippen molar-refractivity contribution in [1.82, 2.24) is 4.98 Å². The lowest BCUT2D eigenvalue weighted by atomic mass is 9.49. The van der Waals surface area contributed by atoms with E-state index >= 15 is 0 Å². The second-order valence-electron chi connectivity index (χ2n) is 7.51. The fourth-order valence-corrected chi connectivity index (χ4v) is 5.73. The highest BCUT2D eigenvalue weighted by Crippen LogP contribution is 2.61. The predicted molar refractivity (Wildman–Crippen MR) is 82.7 cm³/mol. The highest BCUT2D eigenvalue weighted by molar-refractivity contribution is 5.85. The SMILES string of the molecule is OC1(c2nccc3ccccc23)C2CC3CC(C2)CC1C3. The van der Waals surface area contributed by atoms with Crippen LogP contribution in [0.1, 0.15) is 37.8 Å². The summed E-state index contributed by atoms with van der Waals surface area (Å²) < 4.78 is 0. The quantitative estimate of drug-likeness (QED) is 0.859. The van der Waals surface area contributed by atoms with Crippen LogP contribution in [-0.2, 0) is 5.60 Å². The molecule has 1 aromatic carbocycles. The van der Waals surface area contributed by atoms with Crippen molar-refractivity contribution in [3.8, 4) is 0 Å². The van der Waals surface area contributed by atoms with Crippen LogP contribution in [0.4, 0.5) is 0 Å². The minimum atomic E-state index is -0.686. The fraction of sp³-hybridized carbons (Fsp3) is 0.526. The lowest BCUT2D eigenvalue weighted by Gasteiger charge is -2.58. The standard InChI is InChI=1S/C19H21NO/c21-19(15-8-12-7-13(10-15)11-16(19)9-12)18-17-4-2-1-3-14(17)5-6-20-18/h1-6,12-13,15-16,21H,7-11H2. The summed E-state index contributed by atoms with van der Waals surface area (Å²) >= 11 is 0. The van der Waals surface area contributed by atoms with Gasteiger partial charge in [0.05, 0.1) is 5.69 Å². The van der Waals surface area contributed by atoms with Gasteiger partial charge in [0.25, 0.3) is 0 Å². The summed E-state index contributed by atoms with van der Waals surface area (Å²) in [6.45, 7) is 0. The van der Waals surface area contributed by atoms with Gasteiger partial charge in [0.2, 0.25) is 0 Å². The molecular weight excluding hydrogens is 258 g/mol.